The molecule has 0 amide bonds. The molecule has 1 aromatic rings. The van der Waals surface area contributed by atoms with Crippen LogP contribution in [-0.2, 0) is 18.2 Å². The Morgan fingerprint density at radius 1 is 1.50 bits per heavy atom. The topological polar surface area (TPSA) is 53.1 Å². The number of nitrogens with zero attached hydrogens (tertiary/aromatic N) is 2. The summed E-state index contributed by atoms with van der Waals surface area (Å²) < 4.78 is 8.53. The molecular weight excluding hydrogens is 270 g/mol. The molecule has 5 heteroatoms. The van der Waals surface area contributed by atoms with Crippen molar-refractivity contribution in [2.24, 2.45) is 12.8 Å². The molecule has 4 nitrogen and oxygen atoms in total. The van der Waals surface area contributed by atoms with Crippen LogP contribution in [0.5, 0.6) is 0 Å². The minimum atomic E-state index is 0.562. The van der Waals surface area contributed by atoms with E-state index in [1.807, 2.05) is 11.7 Å². The monoisotopic (exact) mass is 287 g/mol. The molecule has 0 aliphatic carbocycles. The van der Waals surface area contributed by atoms with Crippen molar-refractivity contribution in [3.05, 3.63) is 15.9 Å². The van der Waals surface area contributed by atoms with Crippen LogP contribution in [0.3, 0.4) is 0 Å². The third-order valence-corrected chi connectivity index (χ3v) is 3.95. The zero-order chi connectivity index (χ0) is 11.5. The van der Waals surface area contributed by atoms with Gasteiger partial charge in [0.15, 0.2) is 0 Å². The van der Waals surface area contributed by atoms with Crippen LogP contribution < -0.4 is 5.73 Å². The molecule has 1 saturated heterocycles. The highest BCUT2D eigenvalue weighted by Gasteiger charge is 2.23. The molecule has 2 heterocycles. The van der Waals surface area contributed by atoms with Crippen LogP contribution in [-0.4, -0.2) is 29.5 Å². The first-order chi connectivity index (χ1) is 7.74. The van der Waals surface area contributed by atoms with Gasteiger partial charge in [0.2, 0.25) is 0 Å². The first-order valence-electron chi connectivity index (χ1n) is 5.73. The summed E-state index contributed by atoms with van der Waals surface area (Å²) in [6, 6.07) is 0. The highest BCUT2D eigenvalue weighted by molar-refractivity contribution is 9.10. The van der Waals surface area contributed by atoms with Crippen molar-refractivity contribution >= 4 is 15.9 Å². The van der Waals surface area contributed by atoms with E-state index in [9.17, 15) is 0 Å². The van der Waals surface area contributed by atoms with Crippen molar-refractivity contribution in [3.8, 4) is 0 Å². The van der Waals surface area contributed by atoms with Gasteiger partial charge < -0.3 is 10.5 Å². The van der Waals surface area contributed by atoms with E-state index in [0.717, 1.165) is 42.6 Å². The number of aryl methyl sites for hydroxylation is 1. The van der Waals surface area contributed by atoms with E-state index in [-0.39, 0.29) is 0 Å². The summed E-state index contributed by atoms with van der Waals surface area (Å²) in [5, 5.41) is 4.52. The van der Waals surface area contributed by atoms with Crippen LogP contribution in [0.1, 0.15) is 30.1 Å². The van der Waals surface area contributed by atoms with Crippen LogP contribution in [0.2, 0.25) is 0 Å². The average Bonchev–Trinajstić information content (AvgIpc) is 2.56. The van der Waals surface area contributed by atoms with Gasteiger partial charge in [-0.05, 0) is 35.3 Å². The molecule has 0 unspecified atom stereocenters. The van der Waals surface area contributed by atoms with Gasteiger partial charge in [0.05, 0.1) is 15.9 Å². The number of nitrogens with two attached hydrogens (primary N) is 1. The van der Waals surface area contributed by atoms with E-state index in [2.05, 4.69) is 21.0 Å². The molecule has 0 radical (unpaired) electrons. The molecule has 0 spiro atoms. The lowest BCUT2D eigenvalue weighted by atomic mass is 9.96. The minimum Gasteiger partial charge on any atom is -0.381 e. The lowest BCUT2D eigenvalue weighted by Gasteiger charge is -2.22. The van der Waals surface area contributed by atoms with Gasteiger partial charge in [0.1, 0.15) is 0 Å². The number of rotatable bonds is 3. The number of halogens is 1. The van der Waals surface area contributed by atoms with Crippen LogP contribution >= 0.6 is 15.9 Å². The number of aromatic nitrogens is 2. The molecule has 0 bridgehead atoms. The van der Waals surface area contributed by atoms with Crippen LogP contribution in [0.25, 0.3) is 0 Å². The normalized spacial score (nSPS) is 17.9. The number of hydrogen-bond acceptors (Lipinski definition) is 3. The Morgan fingerprint density at radius 2 is 2.19 bits per heavy atom. The van der Waals surface area contributed by atoms with Crippen LogP contribution in [0.4, 0.5) is 0 Å². The van der Waals surface area contributed by atoms with Gasteiger partial charge in [-0.15, -0.1) is 0 Å². The summed E-state index contributed by atoms with van der Waals surface area (Å²) in [5.41, 5.74) is 7.95. The third kappa shape index (κ3) is 2.31. The molecular formula is C11H18BrN3O. The van der Waals surface area contributed by atoms with E-state index >= 15 is 0 Å². The maximum Gasteiger partial charge on any atom is 0.0782 e. The lowest BCUT2D eigenvalue weighted by molar-refractivity contribution is 0.0836. The molecule has 16 heavy (non-hydrogen) atoms. The Bertz CT molecular complexity index is 358. The molecule has 1 aliphatic rings. The van der Waals surface area contributed by atoms with Gasteiger partial charge in [-0.1, -0.05) is 0 Å². The van der Waals surface area contributed by atoms with Crippen molar-refractivity contribution < 1.29 is 4.74 Å². The van der Waals surface area contributed by atoms with Gasteiger partial charge in [-0.25, -0.2) is 0 Å². The zero-order valence-corrected chi connectivity index (χ0v) is 11.2. The Balaban J connectivity index is 2.24. The van der Waals surface area contributed by atoms with Crippen molar-refractivity contribution in [1.29, 1.82) is 0 Å². The fourth-order valence-corrected chi connectivity index (χ4v) is 3.14. The van der Waals surface area contributed by atoms with Gasteiger partial charge in [0, 0.05) is 32.6 Å². The van der Waals surface area contributed by atoms with E-state index < -0.39 is 0 Å². The van der Waals surface area contributed by atoms with Gasteiger partial charge in [0.25, 0.3) is 0 Å². The smallest absolute Gasteiger partial charge is 0.0782 e. The average molecular weight is 288 g/mol. The van der Waals surface area contributed by atoms with Crippen LogP contribution in [0.15, 0.2) is 4.47 Å². The third-order valence-electron chi connectivity index (χ3n) is 3.09. The first kappa shape index (κ1) is 12.1. The molecule has 90 valence electrons. The Morgan fingerprint density at radius 3 is 2.81 bits per heavy atom. The largest absolute Gasteiger partial charge is 0.381 e. The Kier molecular flexibility index (Phi) is 4.00. The summed E-state index contributed by atoms with van der Waals surface area (Å²) in [5.74, 6) is 0.562. The van der Waals surface area contributed by atoms with E-state index in [0.29, 0.717) is 12.5 Å². The molecule has 0 aromatic carbocycles. The molecule has 1 aromatic heterocycles. The second kappa shape index (κ2) is 5.29. The highest BCUT2D eigenvalue weighted by Crippen LogP contribution is 2.33. The maximum absolute atomic E-state index is 5.58. The van der Waals surface area contributed by atoms with Gasteiger partial charge in [-0.3, -0.25) is 4.68 Å². The summed E-state index contributed by atoms with van der Waals surface area (Å²) in [6.45, 7) is 2.35. The number of hydrogen-bond donors (Lipinski definition) is 1. The molecule has 2 N–H and O–H groups in total. The molecule has 0 atom stereocenters. The van der Waals surface area contributed by atoms with Crippen molar-refractivity contribution in [2.75, 3.05) is 19.8 Å². The van der Waals surface area contributed by atoms with Crippen molar-refractivity contribution in [3.63, 3.8) is 0 Å². The maximum atomic E-state index is 5.58. The molecule has 0 saturated carbocycles. The van der Waals surface area contributed by atoms with E-state index in [4.69, 9.17) is 10.5 Å². The second-order valence-electron chi connectivity index (χ2n) is 4.19. The minimum absolute atomic E-state index is 0.562. The van der Waals surface area contributed by atoms with Gasteiger partial charge >= 0.3 is 0 Å². The van der Waals surface area contributed by atoms with Crippen molar-refractivity contribution in [1.82, 2.24) is 9.78 Å². The highest BCUT2D eigenvalue weighted by atomic mass is 79.9. The van der Waals surface area contributed by atoms with Crippen LogP contribution in [0, 0.1) is 0 Å². The van der Waals surface area contributed by atoms with Gasteiger partial charge in [-0.2, -0.15) is 5.10 Å². The summed E-state index contributed by atoms with van der Waals surface area (Å²) in [6.07, 6.45) is 3.00. The van der Waals surface area contributed by atoms with E-state index in [1.165, 1.54) is 5.69 Å². The summed E-state index contributed by atoms with van der Waals surface area (Å²) in [7, 11) is 2.01. The van der Waals surface area contributed by atoms with Crippen molar-refractivity contribution in [2.45, 2.75) is 25.2 Å². The van der Waals surface area contributed by atoms with E-state index in [1.54, 1.807) is 0 Å². The SMILES string of the molecule is Cn1nc(CCN)c(Br)c1C1CCOCC1. The fourth-order valence-electron chi connectivity index (χ4n) is 2.28. The number of ether oxygens (including phenoxy) is 1. The zero-order valence-electron chi connectivity index (χ0n) is 9.58. The first-order valence-corrected chi connectivity index (χ1v) is 6.52. The second-order valence-corrected chi connectivity index (χ2v) is 4.99. The molecule has 2 rings (SSSR count). The summed E-state index contributed by atoms with van der Waals surface area (Å²) in [4.78, 5) is 0. The Labute approximate surface area is 104 Å². The molecule has 1 aliphatic heterocycles. The molecule has 1 fully saturated rings. The lowest BCUT2D eigenvalue weighted by Crippen LogP contribution is -2.17. The summed E-state index contributed by atoms with van der Waals surface area (Å²) >= 11 is 3.66. The predicted molar refractivity (Wildman–Crippen MR) is 66.5 cm³/mol. The predicted octanol–water partition coefficient (Wildman–Crippen LogP) is 1.58. The Hall–Kier alpha value is -0.390. The standard InChI is InChI=1S/C11H18BrN3O/c1-15-11(8-3-6-16-7-4-8)10(12)9(14-15)2-5-13/h8H,2-7,13H2,1H3. The quantitative estimate of drug-likeness (QED) is 0.918. The fraction of sp³-hybridized carbons (Fsp3) is 0.727.